The lowest BCUT2D eigenvalue weighted by atomic mass is 10.2. The van der Waals surface area contributed by atoms with Crippen LogP contribution in [0.2, 0.25) is 0 Å². The van der Waals surface area contributed by atoms with E-state index in [1.54, 1.807) is 12.1 Å². The fourth-order valence-electron chi connectivity index (χ4n) is 2.55. The molecule has 158 valence electrons. The molecule has 1 fully saturated rings. The van der Waals surface area contributed by atoms with Gasteiger partial charge >= 0.3 is 6.61 Å². The molecule has 2 rings (SSSR count). The van der Waals surface area contributed by atoms with Gasteiger partial charge in [-0.2, -0.15) is 8.78 Å². The molecule has 1 aromatic carbocycles. The molecule has 0 aliphatic heterocycles. The highest BCUT2D eigenvalue weighted by Crippen LogP contribution is 2.18. The van der Waals surface area contributed by atoms with Crippen LogP contribution in [0.15, 0.2) is 29.3 Å². The van der Waals surface area contributed by atoms with E-state index in [4.69, 9.17) is 0 Å². The monoisotopic (exact) mass is 510 g/mol. The van der Waals surface area contributed by atoms with Crippen molar-refractivity contribution in [2.24, 2.45) is 4.99 Å². The maximum absolute atomic E-state index is 12.2. The van der Waals surface area contributed by atoms with Crippen LogP contribution < -0.4 is 15.4 Å². The molecule has 0 bridgehead atoms. The van der Waals surface area contributed by atoms with Gasteiger partial charge in [-0.25, -0.2) is 0 Å². The van der Waals surface area contributed by atoms with E-state index in [-0.39, 0.29) is 35.6 Å². The minimum atomic E-state index is -2.82. The first-order valence-corrected chi connectivity index (χ1v) is 9.30. The molecule has 1 saturated carbocycles. The number of nitrogens with one attached hydrogen (secondary N) is 2. The van der Waals surface area contributed by atoms with Crippen molar-refractivity contribution in [1.29, 1.82) is 0 Å². The van der Waals surface area contributed by atoms with Crippen LogP contribution in [0.1, 0.15) is 38.2 Å². The third-order valence-corrected chi connectivity index (χ3v) is 4.03. The summed E-state index contributed by atoms with van der Waals surface area (Å²) in [6.45, 7) is 1.03. The van der Waals surface area contributed by atoms with E-state index in [2.05, 4.69) is 20.4 Å². The van der Waals surface area contributed by atoms with Gasteiger partial charge in [-0.15, -0.1) is 24.0 Å². The minimum absolute atomic E-state index is 0. The SMILES string of the molecule is CCNC(=NCCCC(=O)NC1CC1)N(C)Cc1ccc(OC(F)F)cc1.I. The summed E-state index contributed by atoms with van der Waals surface area (Å²) in [7, 11) is 1.91. The lowest BCUT2D eigenvalue weighted by Gasteiger charge is -2.22. The molecule has 6 nitrogen and oxygen atoms in total. The van der Waals surface area contributed by atoms with Crippen LogP contribution in [0.4, 0.5) is 8.78 Å². The topological polar surface area (TPSA) is 66.0 Å². The number of hydrogen-bond acceptors (Lipinski definition) is 3. The molecule has 0 aromatic heterocycles. The number of nitrogens with zero attached hydrogens (tertiary/aromatic N) is 2. The van der Waals surface area contributed by atoms with Gasteiger partial charge in [-0.05, 0) is 43.9 Å². The lowest BCUT2D eigenvalue weighted by molar-refractivity contribution is -0.121. The van der Waals surface area contributed by atoms with Crippen LogP contribution in [0.3, 0.4) is 0 Å². The fourth-order valence-corrected chi connectivity index (χ4v) is 2.55. The quantitative estimate of drug-likeness (QED) is 0.219. The van der Waals surface area contributed by atoms with Crippen LogP contribution >= 0.6 is 24.0 Å². The Balaban J connectivity index is 0.00000392. The number of aliphatic imine (C=N–C) groups is 1. The van der Waals surface area contributed by atoms with Gasteiger partial charge < -0.3 is 20.3 Å². The van der Waals surface area contributed by atoms with Gasteiger partial charge in [0.2, 0.25) is 5.91 Å². The van der Waals surface area contributed by atoms with Crippen molar-refractivity contribution in [3.8, 4) is 5.75 Å². The summed E-state index contributed by atoms with van der Waals surface area (Å²) in [5.41, 5.74) is 0.952. The molecule has 0 atom stereocenters. The Kier molecular flexibility index (Phi) is 11.1. The Bertz CT molecular complexity index is 625. The number of rotatable bonds is 10. The Morgan fingerprint density at radius 1 is 1.32 bits per heavy atom. The van der Waals surface area contributed by atoms with Crippen molar-refractivity contribution in [3.05, 3.63) is 29.8 Å². The number of carbonyl (C=O) groups excluding carboxylic acids is 1. The van der Waals surface area contributed by atoms with Crippen molar-refractivity contribution >= 4 is 35.8 Å². The van der Waals surface area contributed by atoms with E-state index in [1.165, 1.54) is 12.1 Å². The summed E-state index contributed by atoms with van der Waals surface area (Å²) in [5.74, 6) is 0.978. The van der Waals surface area contributed by atoms with Gasteiger partial charge in [0.25, 0.3) is 0 Å². The highest BCUT2D eigenvalue weighted by molar-refractivity contribution is 14.0. The molecule has 0 unspecified atom stereocenters. The lowest BCUT2D eigenvalue weighted by Crippen LogP contribution is -2.38. The molecule has 0 spiro atoms. The summed E-state index contributed by atoms with van der Waals surface area (Å²) in [5, 5.41) is 6.19. The Labute approximate surface area is 182 Å². The van der Waals surface area contributed by atoms with E-state index in [9.17, 15) is 13.6 Å². The predicted octanol–water partition coefficient (Wildman–Crippen LogP) is 3.36. The summed E-state index contributed by atoms with van der Waals surface area (Å²) in [6.07, 6.45) is 3.36. The number of hydrogen-bond donors (Lipinski definition) is 2. The molecule has 1 aliphatic carbocycles. The molecule has 28 heavy (non-hydrogen) atoms. The summed E-state index contributed by atoms with van der Waals surface area (Å²) < 4.78 is 28.8. The van der Waals surface area contributed by atoms with Crippen LogP contribution in [-0.4, -0.2) is 49.6 Å². The molecule has 0 heterocycles. The number of amides is 1. The molecule has 1 aliphatic rings. The fraction of sp³-hybridized carbons (Fsp3) is 0.579. The summed E-state index contributed by atoms with van der Waals surface area (Å²) in [6, 6.07) is 6.94. The Morgan fingerprint density at radius 3 is 2.57 bits per heavy atom. The normalized spacial score (nSPS) is 13.7. The van der Waals surface area contributed by atoms with Gasteiger partial charge in [-0.3, -0.25) is 9.79 Å². The second-order valence-electron chi connectivity index (χ2n) is 6.56. The van der Waals surface area contributed by atoms with E-state index >= 15 is 0 Å². The maximum atomic E-state index is 12.2. The third-order valence-electron chi connectivity index (χ3n) is 4.03. The van der Waals surface area contributed by atoms with Crippen molar-refractivity contribution in [1.82, 2.24) is 15.5 Å². The van der Waals surface area contributed by atoms with E-state index in [0.717, 1.165) is 30.9 Å². The largest absolute Gasteiger partial charge is 0.435 e. The van der Waals surface area contributed by atoms with Crippen LogP contribution in [0.25, 0.3) is 0 Å². The first-order valence-electron chi connectivity index (χ1n) is 9.30. The minimum Gasteiger partial charge on any atom is -0.435 e. The van der Waals surface area contributed by atoms with Gasteiger partial charge in [-0.1, -0.05) is 12.1 Å². The second kappa shape index (κ2) is 12.7. The number of halogens is 3. The molecule has 0 radical (unpaired) electrons. The molecule has 1 aromatic rings. The third kappa shape index (κ3) is 9.52. The number of guanidine groups is 1. The highest BCUT2D eigenvalue weighted by Gasteiger charge is 2.22. The molecular weight excluding hydrogens is 481 g/mol. The van der Waals surface area contributed by atoms with Crippen LogP contribution in [0, 0.1) is 0 Å². The van der Waals surface area contributed by atoms with Crippen molar-refractivity contribution in [2.45, 2.75) is 51.8 Å². The van der Waals surface area contributed by atoms with Crippen molar-refractivity contribution < 1.29 is 18.3 Å². The highest BCUT2D eigenvalue weighted by atomic mass is 127. The first kappa shape index (κ1) is 24.4. The number of benzene rings is 1. The average molecular weight is 510 g/mol. The van der Waals surface area contributed by atoms with Crippen molar-refractivity contribution in [2.75, 3.05) is 20.1 Å². The van der Waals surface area contributed by atoms with Crippen LogP contribution in [0.5, 0.6) is 5.75 Å². The van der Waals surface area contributed by atoms with Gasteiger partial charge in [0.1, 0.15) is 5.75 Å². The molecule has 2 N–H and O–H groups in total. The van der Waals surface area contributed by atoms with E-state index in [0.29, 0.717) is 32.0 Å². The summed E-state index contributed by atoms with van der Waals surface area (Å²) >= 11 is 0. The predicted molar refractivity (Wildman–Crippen MR) is 116 cm³/mol. The number of ether oxygens (including phenoxy) is 1. The zero-order chi connectivity index (χ0) is 19.6. The molecular formula is C19H29F2IN4O2. The molecule has 1 amide bonds. The molecule has 9 heteroatoms. The van der Waals surface area contributed by atoms with E-state index in [1.807, 2.05) is 18.9 Å². The average Bonchev–Trinajstić information content (AvgIpc) is 3.42. The van der Waals surface area contributed by atoms with Gasteiger partial charge in [0.05, 0.1) is 0 Å². The number of carbonyl (C=O) groups is 1. The van der Waals surface area contributed by atoms with Crippen molar-refractivity contribution in [3.63, 3.8) is 0 Å². The smallest absolute Gasteiger partial charge is 0.387 e. The first-order chi connectivity index (χ1) is 13.0. The number of alkyl halides is 2. The second-order valence-corrected chi connectivity index (χ2v) is 6.56. The zero-order valence-corrected chi connectivity index (χ0v) is 18.6. The Hall–Kier alpha value is -1.65. The standard InChI is InChI=1S/C19H28F2N4O2.HI/c1-3-22-19(23-12-4-5-17(26)24-15-8-9-15)25(2)13-14-6-10-16(11-7-14)27-18(20)21;/h6-7,10-11,15,18H,3-5,8-9,12-13H2,1-2H3,(H,22,23)(H,24,26);1H. The summed E-state index contributed by atoms with van der Waals surface area (Å²) in [4.78, 5) is 18.2. The van der Waals surface area contributed by atoms with Gasteiger partial charge in [0, 0.05) is 39.1 Å². The zero-order valence-electron chi connectivity index (χ0n) is 16.3. The van der Waals surface area contributed by atoms with Gasteiger partial charge in [0.15, 0.2) is 5.96 Å². The Morgan fingerprint density at radius 2 is 2.00 bits per heavy atom. The van der Waals surface area contributed by atoms with E-state index < -0.39 is 6.61 Å². The maximum Gasteiger partial charge on any atom is 0.387 e. The van der Waals surface area contributed by atoms with Crippen LogP contribution in [-0.2, 0) is 11.3 Å². The molecule has 0 saturated heterocycles.